The van der Waals surface area contributed by atoms with Crippen molar-refractivity contribution in [2.45, 2.75) is 46.6 Å². The Hall–Kier alpha value is -0.670. The first-order chi connectivity index (χ1) is 9.36. The van der Waals surface area contributed by atoms with Gasteiger partial charge in [-0.1, -0.05) is 44.0 Å². The Labute approximate surface area is 132 Å². The number of hydrogen-bond acceptors (Lipinski definition) is 3. The summed E-state index contributed by atoms with van der Waals surface area (Å²) in [6.07, 6.45) is 2.12. The lowest BCUT2D eigenvalue weighted by molar-refractivity contribution is 0.502. The molecule has 0 fully saturated rings. The summed E-state index contributed by atoms with van der Waals surface area (Å²) in [6, 6.07) is 2.14. The highest BCUT2D eigenvalue weighted by atomic mass is 35.5. The predicted molar refractivity (Wildman–Crippen MR) is 90.4 cm³/mol. The van der Waals surface area contributed by atoms with Crippen LogP contribution in [-0.2, 0) is 0 Å². The Bertz CT molecular complexity index is 435. The molecule has 0 aliphatic heterocycles. The molecule has 1 unspecified atom stereocenters. The van der Waals surface area contributed by atoms with Crippen LogP contribution in [0.3, 0.4) is 0 Å². The van der Waals surface area contributed by atoms with Gasteiger partial charge < -0.3 is 10.2 Å². The van der Waals surface area contributed by atoms with Crippen LogP contribution in [0.1, 0.15) is 40.5 Å². The highest BCUT2D eigenvalue weighted by Crippen LogP contribution is 2.32. The van der Waals surface area contributed by atoms with Crippen LogP contribution in [-0.4, -0.2) is 24.6 Å². The fourth-order valence-electron chi connectivity index (χ4n) is 2.12. The van der Waals surface area contributed by atoms with E-state index in [-0.39, 0.29) is 0 Å². The third-order valence-electron chi connectivity index (χ3n) is 3.26. The molecule has 5 heteroatoms. The number of nitrogens with one attached hydrogen (secondary N) is 1. The van der Waals surface area contributed by atoms with E-state index in [9.17, 15) is 0 Å². The van der Waals surface area contributed by atoms with Crippen molar-refractivity contribution in [3.05, 3.63) is 16.1 Å². The average Bonchev–Trinajstić information content (AvgIpc) is 2.36. The molecule has 114 valence electrons. The zero-order valence-electron chi connectivity index (χ0n) is 13.0. The van der Waals surface area contributed by atoms with Crippen LogP contribution in [0.25, 0.3) is 0 Å². The van der Waals surface area contributed by atoms with Crippen LogP contribution in [0.4, 0.5) is 11.6 Å². The summed E-state index contributed by atoms with van der Waals surface area (Å²) < 4.78 is 0. The monoisotopic (exact) mass is 317 g/mol. The van der Waals surface area contributed by atoms with E-state index in [0.29, 0.717) is 27.8 Å². The molecular formula is C15H25Cl2N3. The Morgan fingerprint density at radius 3 is 2.45 bits per heavy atom. The molecule has 0 aromatic carbocycles. The number of nitrogens with zero attached hydrogens (tertiary/aromatic N) is 2. The molecular weight excluding hydrogens is 293 g/mol. The van der Waals surface area contributed by atoms with Crippen LogP contribution < -0.4 is 10.2 Å². The fraction of sp³-hybridized carbons (Fsp3) is 0.667. The van der Waals surface area contributed by atoms with Gasteiger partial charge in [-0.05, 0) is 31.7 Å². The maximum Gasteiger partial charge on any atom is 0.149 e. The topological polar surface area (TPSA) is 28.2 Å². The van der Waals surface area contributed by atoms with E-state index in [1.807, 2.05) is 7.05 Å². The number of pyridine rings is 1. The molecule has 1 rings (SSSR count). The molecule has 1 aromatic heterocycles. The average molecular weight is 318 g/mol. The lowest BCUT2D eigenvalue weighted by Gasteiger charge is -2.28. The van der Waals surface area contributed by atoms with Crippen molar-refractivity contribution in [2.75, 3.05) is 23.8 Å². The van der Waals surface area contributed by atoms with Gasteiger partial charge in [-0.15, -0.1) is 0 Å². The van der Waals surface area contributed by atoms with E-state index < -0.39 is 0 Å². The predicted octanol–water partition coefficient (Wildman–Crippen LogP) is 5.08. The largest absolute Gasteiger partial charge is 0.369 e. The first-order valence-electron chi connectivity index (χ1n) is 7.19. The highest BCUT2D eigenvalue weighted by Gasteiger charge is 2.18. The molecule has 0 spiro atoms. The molecule has 20 heavy (non-hydrogen) atoms. The second kappa shape index (κ2) is 7.94. The van der Waals surface area contributed by atoms with Crippen molar-refractivity contribution in [1.29, 1.82) is 0 Å². The Morgan fingerprint density at radius 1 is 1.25 bits per heavy atom. The van der Waals surface area contributed by atoms with Gasteiger partial charge in [-0.3, -0.25) is 0 Å². The van der Waals surface area contributed by atoms with Gasteiger partial charge in [-0.2, -0.15) is 0 Å². The maximum absolute atomic E-state index is 6.29. The van der Waals surface area contributed by atoms with E-state index in [1.165, 1.54) is 0 Å². The second-order valence-electron chi connectivity index (χ2n) is 5.64. The van der Waals surface area contributed by atoms with Crippen molar-refractivity contribution in [2.24, 2.45) is 5.92 Å². The second-order valence-corrected chi connectivity index (χ2v) is 6.45. The standard InChI is InChI=1S/C15H25Cl2N3/c1-6-7-18-14-12(16)9-13(17)15(19-14)20(5)11(4)8-10(2)3/h9-11H,6-8H2,1-5H3,(H,18,19). The quantitative estimate of drug-likeness (QED) is 0.760. The maximum atomic E-state index is 6.29. The minimum atomic E-state index is 0.375. The lowest BCUT2D eigenvalue weighted by Crippen LogP contribution is -2.31. The normalized spacial score (nSPS) is 12.6. The van der Waals surface area contributed by atoms with Gasteiger partial charge in [0.05, 0.1) is 10.0 Å². The molecule has 0 radical (unpaired) electrons. The van der Waals surface area contributed by atoms with E-state index in [0.717, 1.165) is 25.2 Å². The van der Waals surface area contributed by atoms with Crippen LogP contribution in [0.5, 0.6) is 0 Å². The zero-order chi connectivity index (χ0) is 15.3. The van der Waals surface area contributed by atoms with Crippen LogP contribution >= 0.6 is 23.2 Å². The van der Waals surface area contributed by atoms with Crippen molar-refractivity contribution < 1.29 is 0 Å². The van der Waals surface area contributed by atoms with Crippen molar-refractivity contribution >= 4 is 34.8 Å². The van der Waals surface area contributed by atoms with E-state index >= 15 is 0 Å². The van der Waals surface area contributed by atoms with Gasteiger partial charge in [0.1, 0.15) is 11.6 Å². The van der Waals surface area contributed by atoms with Gasteiger partial charge in [0.2, 0.25) is 0 Å². The van der Waals surface area contributed by atoms with E-state index in [2.05, 4.69) is 42.9 Å². The molecule has 3 nitrogen and oxygen atoms in total. The number of hydrogen-bond donors (Lipinski definition) is 1. The van der Waals surface area contributed by atoms with Gasteiger partial charge >= 0.3 is 0 Å². The summed E-state index contributed by atoms with van der Waals surface area (Å²) in [4.78, 5) is 6.71. The molecule has 0 aliphatic rings. The molecule has 1 aromatic rings. The molecule has 1 atom stereocenters. The molecule has 1 N–H and O–H groups in total. The van der Waals surface area contributed by atoms with E-state index in [1.54, 1.807) is 6.07 Å². The third kappa shape index (κ3) is 4.71. The third-order valence-corrected chi connectivity index (χ3v) is 3.83. The molecule has 0 saturated heterocycles. The van der Waals surface area contributed by atoms with Gasteiger partial charge in [0, 0.05) is 19.6 Å². The SMILES string of the molecule is CCCNc1nc(N(C)C(C)CC(C)C)c(Cl)cc1Cl. The minimum Gasteiger partial charge on any atom is -0.369 e. The van der Waals surface area contributed by atoms with Crippen LogP contribution in [0, 0.1) is 5.92 Å². The molecule has 0 bridgehead atoms. The van der Waals surface area contributed by atoms with E-state index in [4.69, 9.17) is 23.2 Å². The Balaban J connectivity index is 2.98. The first-order valence-corrected chi connectivity index (χ1v) is 7.95. The van der Waals surface area contributed by atoms with Crippen molar-refractivity contribution in [3.63, 3.8) is 0 Å². The van der Waals surface area contributed by atoms with Crippen molar-refractivity contribution in [3.8, 4) is 0 Å². The summed E-state index contributed by atoms with van der Waals surface area (Å²) >= 11 is 12.5. The summed E-state index contributed by atoms with van der Waals surface area (Å²) in [6.45, 7) is 9.57. The van der Waals surface area contributed by atoms with Gasteiger partial charge in [0.25, 0.3) is 0 Å². The van der Waals surface area contributed by atoms with Gasteiger partial charge in [-0.25, -0.2) is 4.98 Å². The highest BCUT2D eigenvalue weighted by molar-refractivity contribution is 6.37. The number of aromatic nitrogens is 1. The number of rotatable bonds is 7. The Kier molecular flexibility index (Phi) is 6.90. The molecule has 0 aliphatic carbocycles. The summed E-state index contributed by atoms with van der Waals surface area (Å²) in [7, 11) is 2.03. The summed E-state index contributed by atoms with van der Waals surface area (Å²) in [5.74, 6) is 2.12. The molecule has 1 heterocycles. The molecule has 0 amide bonds. The zero-order valence-corrected chi connectivity index (χ0v) is 14.5. The summed E-state index contributed by atoms with van der Waals surface area (Å²) in [5.41, 5.74) is 0. The Morgan fingerprint density at radius 2 is 1.90 bits per heavy atom. The number of anilines is 2. The molecule has 0 saturated carbocycles. The number of halogens is 2. The fourth-order valence-corrected chi connectivity index (χ4v) is 2.68. The van der Waals surface area contributed by atoms with Crippen molar-refractivity contribution in [1.82, 2.24) is 4.98 Å². The smallest absolute Gasteiger partial charge is 0.149 e. The minimum absolute atomic E-state index is 0.375. The van der Waals surface area contributed by atoms with Crippen LogP contribution in [0.15, 0.2) is 6.07 Å². The lowest BCUT2D eigenvalue weighted by atomic mass is 10.0. The summed E-state index contributed by atoms with van der Waals surface area (Å²) in [5, 5.41) is 4.40. The first kappa shape index (κ1) is 17.4. The van der Waals surface area contributed by atoms with Crippen LogP contribution in [0.2, 0.25) is 10.0 Å². The van der Waals surface area contributed by atoms with Gasteiger partial charge in [0.15, 0.2) is 0 Å².